The molecule has 0 unspecified atom stereocenters. The van der Waals surface area contributed by atoms with Crippen molar-refractivity contribution in [1.82, 2.24) is 0 Å². The molecule has 1 heterocycles. The van der Waals surface area contributed by atoms with Crippen molar-refractivity contribution in [1.29, 1.82) is 0 Å². The second kappa shape index (κ2) is 2.85. The molecule has 0 radical (unpaired) electrons. The zero-order valence-corrected chi connectivity index (χ0v) is 9.64. The van der Waals surface area contributed by atoms with Crippen LogP contribution in [-0.2, 0) is 27.4 Å². The highest BCUT2D eigenvalue weighted by Crippen LogP contribution is 2.25. The van der Waals surface area contributed by atoms with Gasteiger partial charge in [-0.1, -0.05) is 11.3 Å². The number of hydrogen-bond acceptors (Lipinski definition) is 3. The number of hydrogen-bond donors (Lipinski definition) is 0. The van der Waals surface area contributed by atoms with Crippen LogP contribution in [0, 0.1) is 0 Å². The van der Waals surface area contributed by atoms with Crippen molar-refractivity contribution in [3.63, 3.8) is 0 Å². The predicted molar refractivity (Wildman–Crippen MR) is 49.3 cm³/mol. The van der Waals surface area contributed by atoms with E-state index in [0.717, 1.165) is 0 Å². The van der Waals surface area contributed by atoms with Gasteiger partial charge in [-0.15, -0.1) is 0 Å². The lowest BCUT2D eigenvalue weighted by Crippen LogP contribution is -2.00. The SMILES string of the molecule is O=S1(Cl)=NS(=O)(Cl)=NS(=O)(Cl)=N1. The molecule has 0 N–H and O–H groups in total. The molecule has 1 rings (SSSR count). The highest BCUT2D eigenvalue weighted by molar-refractivity contribution is 8.33. The fraction of sp³-hybridized carbons (Fsp3) is 0. The summed E-state index contributed by atoms with van der Waals surface area (Å²) in [5.74, 6) is 0. The average Bonchev–Trinajstić information content (AvgIpc) is 1.44. The first kappa shape index (κ1) is 10.8. The molecule has 0 spiro atoms. The molecule has 0 fully saturated rings. The topological polar surface area (TPSA) is 88.3 Å². The minimum atomic E-state index is -3.73. The summed E-state index contributed by atoms with van der Waals surface area (Å²) in [6.45, 7) is 0. The maximum atomic E-state index is 10.9. The Balaban J connectivity index is 3.83. The highest BCUT2D eigenvalue weighted by Gasteiger charge is 2.21. The van der Waals surface area contributed by atoms with Crippen LogP contribution in [0.4, 0.5) is 0 Å². The van der Waals surface area contributed by atoms with Crippen molar-refractivity contribution in [2.24, 2.45) is 11.3 Å². The fourth-order valence-electron chi connectivity index (χ4n) is 0.381. The first-order valence-electron chi connectivity index (χ1n) is 2.06. The highest BCUT2D eigenvalue weighted by atomic mass is 35.7. The Kier molecular flexibility index (Phi) is 2.57. The Morgan fingerprint density at radius 2 is 0.833 bits per heavy atom. The van der Waals surface area contributed by atoms with Crippen LogP contribution in [0.5, 0.6) is 0 Å². The maximum Gasteiger partial charge on any atom is 0.262 e. The van der Waals surface area contributed by atoms with Gasteiger partial charge >= 0.3 is 0 Å². The molecule has 0 aromatic carbocycles. The normalized spacial score (nSPS) is 53.2. The molecule has 0 saturated carbocycles. The summed E-state index contributed by atoms with van der Waals surface area (Å²) in [5, 5.41) is 0. The smallest absolute Gasteiger partial charge is 0.207 e. The van der Waals surface area contributed by atoms with Gasteiger partial charge in [0.1, 0.15) is 0 Å². The first-order valence-corrected chi connectivity index (χ1v) is 8.95. The third kappa shape index (κ3) is 2.89. The third-order valence-electron chi connectivity index (χ3n) is 0.552. The molecule has 0 aromatic rings. The van der Waals surface area contributed by atoms with Gasteiger partial charge in [-0.3, -0.25) is 0 Å². The van der Waals surface area contributed by atoms with Gasteiger partial charge in [0.15, 0.2) is 0 Å². The molecule has 6 nitrogen and oxygen atoms in total. The Labute approximate surface area is 83.0 Å². The van der Waals surface area contributed by atoms with Gasteiger partial charge in [0.25, 0.3) is 27.4 Å². The molecular weight excluding hydrogens is 293 g/mol. The second-order valence-electron chi connectivity index (χ2n) is 1.52. The summed E-state index contributed by atoms with van der Waals surface area (Å²) in [4.78, 5) is 0. The van der Waals surface area contributed by atoms with Crippen LogP contribution in [0.2, 0.25) is 0 Å². The molecule has 1 aliphatic heterocycles. The fourth-order valence-corrected chi connectivity index (χ4v) is 9.07. The lowest BCUT2D eigenvalue weighted by atomic mass is 13.8. The van der Waals surface area contributed by atoms with Crippen LogP contribution in [-0.4, -0.2) is 12.6 Å². The molecule has 0 bridgehead atoms. The summed E-state index contributed by atoms with van der Waals surface area (Å²) < 4.78 is 41.1. The summed E-state index contributed by atoms with van der Waals surface area (Å²) in [6, 6.07) is 0. The minimum Gasteiger partial charge on any atom is -0.207 e. The summed E-state index contributed by atoms with van der Waals surface area (Å²) in [6.07, 6.45) is 0. The molecular formula is Cl3N3O3S3. The molecule has 0 atom stereocenters. The third-order valence-corrected chi connectivity index (χ3v) is 8.01. The number of nitrogens with zero attached hydrogens (tertiary/aromatic N) is 3. The number of halogens is 3. The van der Waals surface area contributed by atoms with Crippen LogP contribution in [0.15, 0.2) is 11.3 Å². The molecule has 12 heteroatoms. The van der Waals surface area contributed by atoms with Crippen LogP contribution in [0.1, 0.15) is 0 Å². The Bertz CT molecular complexity index is 443. The maximum absolute atomic E-state index is 10.9. The monoisotopic (exact) mass is 291 g/mol. The van der Waals surface area contributed by atoms with E-state index in [0.29, 0.717) is 0 Å². The van der Waals surface area contributed by atoms with Crippen molar-refractivity contribution >= 4 is 59.4 Å². The second-order valence-corrected chi connectivity index (χ2v) is 9.52. The summed E-state index contributed by atoms with van der Waals surface area (Å²) in [5.41, 5.74) is 0. The zero-order chi connectivity index (χ0) is 9.62. The summed E-state index contributed by atoms with van der Waals surface area (Å²) >= 11 is 0. The van der Waals surface area contributed by atoms with Crippen LogP contribution in [0.25, 0.3) is 0 Å². The standard InChI is InChI=1S/Cl3N3O3S3/c1-10(7)4-11(2,8)6-12(3,9)5-10. The molecule has 0 saturated heterocycles. The Morgan fingerprint density at radius 3 is 1.00 bits per heavy atom. The van der Waals surface area contributed by atoms with Crippen LogP contribution < -0.4 is 0 Å². The van der Waals surface area contributed by atoms with E-state index in [-0.39, 0.29) is 0 Å². The van der Waals surface area contributed by atoms with E-state index in [1.54, 1.807) is 0 Å². The van der Waals surface area contributed by atoms with Gasteiger partial charge in [0.2, 0.25) is 0 Å². The largest absolute Gasteiger partial charge is 0.262 e. The van der Waals surface area contributed by atoms with Crippen LogP contribution >= 0.6 is 32.0 Å². The predicted octanol–water partition coefficient (Wildman–Crippen LogP) is 1.61. The van der Waals surface area contributed by atoms with Crippen molar-refractivity contribution in [2.75, 3.05) is 0 Å². The van der Waals surface area contributed by atoms with Crippen molar-refractivity contribution in [2.45, 2.75) is 0 Å². The van der Waals surface area contributed by atoms with E-state index in [9.17, 15) is 12.6 Å². The Hall–Kier alpha value is 0.720. The van der Waals surface area contributed by atoms with E-state index in [2.05, 4.69) is 11.3 Å². The average molecular weight is 293 g/mol. The zero-order valence-electron chi connectivity index (χ0n) is 4.93. The van der Waals surface area contributed by atoms with E-state index in [1.807, 2.05) is 0 Å². The number of rotatable bonds is 0. The molecule has 12 heavy (non-hydrogen) atoms. The lowest BCUT2D eigenvalue weighted by Gasteiger charge is -2.01. The quantitative estimate of drug-likeness (QED) is 0.635. The Morgan fingerprint density at radius 1 is 0.667 bits per heavy atom. The van der Waals surface area contributed by atoms with E-state index >= 15 is 0 Å². The van der Waals surface area contributed by atoms with Gasteiger partial charge in [-0.05, 0) is 0 Å². The molecule has 0 aromatic heterocycles. The lowest BCUT2D eigenvalue weighted by molar-refractivity contribution is 0.676. The molecule has 1 aliphatic rings. The van der Waals surface area contributed by atoms with Crippen LogP contribution in [0.3, 0.4) is 0 Å². The van der Waals surface area contributed by atoms with Crippen molar-refractivity contribution in [3.8, 4) is 0 Å². The van der Waals surface area contributed by atoms with Gasteiger partial charge in [0, 0.05) is 32.0 Å². The molecule has 0 amide bonds. The minimum absolute atomic E-state index is 2.83. The first-order chi connectivity index (χ1) is 5.12. The van der Waals surface area contributed by atoms with Crippen molar-refractivity contribution < 1.29 is 12.6 Å². The molecule has 0 aliphatic carbocycles. The van der Waals surface area contributed by atoms with Gasteiger partial charge in [-0.2, -0.15) is 0 Å². The van der Waals surface area contributed by atoms with Gasteiger partial charge < -0.3 is 0 Å². The molecule has 72 valence electrons. The summed E-state index contributed by atoms with van der Waals surface area (Å²) in [7, 11) is 3.94. The van der Waals surface area contributed by atoms with E-state index in [1.165, 1.54) is 0 Å². The van der Waals surface area contributed by atoms with Gasteiger partial charge in [0.05, 0.1) is 0 Å². The van der Waals surface area contributed by atoms with E-state index in [4.69, 9.17) is 32.0 Å². The van der Waals surface area contributed by atoms with E-state index < -0.39 is 27.4 Å². The van der Waals surface area contributed by atoms with Crippen molar-refractivity contribution in [3.05, 3.63) is 0 Å². The van der Waals surface area contributed by atoms with Gasteiger partial charge in [-0.25, -0.2) is 12.6 Å².